The van der Waals surface area contributed by atoms with Crippen molar-refractivity contribution in [2.45, 2.75) is 98.9 Å². The second-order valence-electron chi connectivity index (χ2n) is 12.9. The summed E-state index contributed by atoms with van der Waals surface area (Å²) in [4.78, 5) is 13.6. The molecule has 286 valence electrons. The molecule has 3 aromatic rings. The first kappa shape index (κ1) is 38.2. The van der Waals surface area contributed by atoms with E-state index in [4.69, 9.17) is 28.1 Å². The second kappa shape index (κ2) is 15.1. The number of aliphatic hydroxyl groups is 10. The fourth-order valence-corrected chi connectivity index (χ4v) is 6.48. The van der Waals surface area contributed by atoms with Crippen LogP contribution in [0.15, 0.2) is 45.6 Å². The van der Waals surface area contributed by atoms with Gasteiger partial charge in [-0.05, 0) is 31.2 Å². The molecule has 52 heavy (non-hydrogen) atoms. The summed E-state index contributed by atoms with van der Waals surface area (Å²) in [5.74, 6) is -1.56. The Morgan fingerprint density at radius 2 is 1.29 bits per heavy atom. The molecular weight excluding hydrogens is 700 g/mol. The molecule has 3 aliphatic heterocycles. The number of benzene rings is 2. The van der Waals surface area contributed by atoms with Gasteiger partial charge in [0.1, 0.15) is 107 Å². The number of phenolic OH excluding ortho intramolecular Hbond substituents is 2. The van der Waals surface area contributed by atoms with Crippen molar-refractivity contribution in [1.29, 1.82) is 0 Å². The normalized spacial score (nSPS) is 38.3. The standard InChI is InChI=1S/C33H40O19/c1-10-21(38)25(42)28(45)32(47-10)52-31-27(44)23(40)17(8-34)49-30(31)20-16(50-33-29(46)26(43)22(39)18(9-35)51-33)7-15-19(24(20)41)13(37)6-14(48-15)11-2-4-12(36)5-3-11/h2-7,10,17-18,21-23,25-36,38-46H,8-9H2,1H3/t10-,17-,18-,21-,22-,23+,25-,26-,27-,28+,29+,30-,31+,32-,33+/m0/s1. The number of hydrogen-bond acceptors (Lipinski definition) is 19. The number of fused-ring (bicyclic) bond motifs is 1. The van der Waals surface area contributed by atoms with Gasteiger partial charge < -0.3 is 89.4 Å². The molecule has 19 nitrogen and oxygen atoms in total. The highest BCUT2D eigenvalue weighted by Crippen LogP contribution is 2.47. The monoisotopic (exact) mass is 740 g/mol. The van der Waals surface area contributed by atoms with Crippen LogP contribution in [-0.2, 0) is 18.9 Å². The molecule has 0 spiro atoms. The average Bonchev–Trinajstić information content (AvgIpc) is 3.12. The van der Waals surface area contributed by atoms with Crippen molar-refractivity contribution in [3.8, 4) is 28.6 Å². The van der Waals surface area contributed by atoms with Crippen LogP contribution in [0.25, 0.3) is 22.3 Å². The lowest BCUT2D eigenvalue weighted by atomic mass is 9.89. The summed E-state index contributed by atoms with van der Waals surface area (Å²) >= 11 is 0. The van der Waals surface area contributed by atoms with Crippen molar-refractivity contribution in [2.75, 3.05) is 13.2 Å². The van der Waals surface area contributed by atoms with Crippen molar-refractivity contribution in [3.63, 3.8) is 0 Å². The molecule has 2 aromatic carbocycles. The van der Waals surface area contributed by atoms with Gasteiger partial charge in [0.15, 0.2) is 11.7 Å². The number of aromatic hydroxyl groups is 2. The maximum atomic E-state index is 13.6. The fourth-order valence-electron chi connectivity index (χ4n) is 6.48. The Balaban J connectivity index is 1.52. The fraction of sp³-hybridized carbons (Fsp3) is 0.545. The zero-order valence-corrected chi connectivity index (χ0v) is 27.3. The first-order chi connectivity index (χ1) is 24.7. The molecule has 1 aromatic heterocycles. The summed E-state index contributed by atoms with van der Waals surface area (Å²) in [5.41, 5.74) is -1.37. The van der Waals surface area contributed by atoms with Gasteiger partial charge in [0.2, 0.25) is 6.29 Å². The van der Waals surface area contributed by atoms with Crippen molar-refractivity contribution in [3.05, 3.63) is 52.2 Å². The van der Waals surface area contributed by atoms with Gasteiger partial charge in [0.25, 0.3) is 0 Å². The molecule has 0 aliphatic carbocycles. The van der Waals surface area contributed by atoms with E-state index in [1.807, 2.05) is 0 Å². The van der Waals surface area contributed by atoms with Crippen LogP contribution in [-0.4, -0.2) is 160 Å². The molecule has 3 fully saturated rings. The molecule has 3 saturated heterocycles. The van der Waals surface area contributed by atoms with Gasteiger partial charge in [0, 0.05) is 17.7 Å². The van der Waals surface area contributed by atoms with Gasteiger partial charge in [-0.3, -0.25) is 4.79 Å². The van der Waals surface area contributed by atoms with Crippen LogP contribution in [0.5, 0.6) is 17.2 Å². The van der Waals surface area contributed by atoms with Gasteiger partial charge in [-0.1, -0.05) is 0 Å². The van der Waals surface area contributed by atoms with Gasteiger partial charge in [-0.15, -0.1) is 0 Å². The number of phenols is 2. The average molecular weight is 741 g/mol. The Morgan fingerprint density at radius 3 is 1.94 bits per heavy atom. The van der Waals surface area contributed by atoms with Gasteiger partial charge >= 0.3 is 0 Å². The maximum Gasteiger partial charge on any atom is 0.229 e. The summed E-state index contributed by atoms with van der Waals surface area (Å²) in [6.45, 7) is -0.384. The third kappa shape index (κ3) is 6.85. The number of ether oxygens (including phenoxy) is 5. The van der Waals surface area contributed by atoms with E-state index >= 15 is 0 Å². The van der Waals surface area contributed by atoms with Gasteiger partial charge in [-0.2, -0.15) is 0 Å². The van der Waals surface area contributed by atoms with Gasteiger partial charge in [-0.25, -0.2) is 0 Å². The molecule has 4 heterocycles. The van der Waals surface area contributed by atoms with Crippen LogP contribution >= 0.6 is 0 Å². The lowest BCUT2D eigenvalue weighted by Crippen LogP contribution is -2.62. The van der Waals surface area contributed by atoms with Crippen molar-refractivity contribution < 1.29 is 89.4 Å². The van der Waals surface area contributed by atoms with E-state index in [1.54, 1.807) is 0 Å². The molecule has 0 unspecified atom stereocenters. The van der Waals surface area contributed by atoms with Gasteiger partial charge in [0.05, 0.1) is 24.9 Å². The summed E-state index contributed by atoms with van der Waals surface area (Å²) in [5, 5.41) is 126. The van der Waals surface area contributed by atoms with Crippen LogP contribution in [0.2, 0.25) is 0 Å². The summed E-state index contributed by atoms with van der Waals surface area (Å²) in [6.07, 6.45) is -26.4. The first-order valence-electron chi connectivity index (χ1n) is 16.2. The zero-order valence-electron chi connectivity index (χ0n) is 27.3. The lowest BCUT2D eigenvalue weighted by molar-refractivity contribution is -0.338. The van der Waals surface area contributed by atoms with E-state index in [-0.39, 0.29) is 17.1 Å². The van der Waals surface area contributed by atoms with Crippen molar-refractivity contribution in [2.24, 2.45) is 0 Å². The van der Waals surface area contributed by atoms with Crippen LogP contribution in [0.3, 0.4) is 0 Å². The molecule has 12 N–H and O–H groups in total. The highest BCUT2D eigenvalue weighted by molar-refractivity contribution is 5.88. The number of aliphatic hydroxyl groups excluding tert-OH is 10. The van der Waals surface area contributed by atoms with E-state index in [0.717, 1.165) is 12.1 Å². The predicted octanol–water partition coefficient (Wildman–Crippen LogP) is -3.58. The molecule has 0 amide bonds. The minimum atomic E-state index is -2.01. The molecule has 19 heteroatoms. The highest BCUT2D eigenvalue weighted by atomic mass is 16.7. The van der Waals surface area contributed by atoms with Crippen molar-refractivity contribution in [1.82, 2.24) is 0 Å². The third-order valence-corrected chi connectivity index (χ3v) is 9.49. The summed E-state index contributed by atoms with van der Waals surface area (Å²) in [6, 6.07) is 7.63. The molecule has 0 bridgehead atoms. The lowest BCUT2D eigenvalue weighted by Gasteiger charge is -2.46. The number of rotatable bonds is 8. The van der Waals surface area contributed by atoms with E-state index in [0.29, 0.717) is 5.56 Å². The van der Waals surface area contributed by atoms with Crippen LogP contribution in [0.1, 0.15) is 18.6 Å². The van der Waals surface area contributed by atoms with E-state index in [2.05, 4.69) is 0 Å². The smallest absolute Gasteiger partial charge is 0.229 e. The third-order valence-electron chi connectivity index (χ3n) is 9.49. The quantitative estimate of drug-likeness (QED) is 0.106. The van der Waals surface area contributed by atoms with Crippen molar-refractivity contribution >= 4 is 11.0 Å². The molecule has 6 rings (SSSR count). The summed E-state index contributed by atoms with van der Waals surface area (Å²) < 4.78 is 34.7. The zero-order chi connectivity index (χ0) is 37.8. The minimum Gasteiger partial charge on any atom is -0.508 e. The van der Waals surface area contributed by atoms with E-state index < -0.39 is 133 Å². The Hall–Kier alpha value is -3.51. The minimum absolute atomic E-state index is 0.0317. The highest BCUT2D eigenvalue weighted by Gasteiger charge is 2.52. The number of hydrogen-bond donors (Lipinski definition) is 12. The first-order valence-corrected chi connectivity index (χ1v) is 16.2. The predicted molar refractivity (Wildman–Crippen MR) is 170 cm³/mol. The second-order valence-corrected chi connectivity index (χ2v) is 12.9. The SMILES string of the molecule is C[C@@H]1O[C@@H](O[C@@H]2[C@@H](O)[C@H](O)[C@H](CO)O[C@H]2c2c(O[C@@H]3O[C@@H](CO)[C@H](O)[C@H](O)[C@H]3O)cc3oc(-c4ccc(O)cc4)cc(=O)c3c2O)[C@H](O)[C@@H](O)[C@H]1O. The van der Waals surface area contributed by atoms with E-state index in [1.165, 1.54) is 31.2 Å². The van der Waals surface area contributed by atoms with Crippen LogP contribution < -0.4 is 10.2 Å². The Kier molecular flexibility index (Phi) is 11.1. The maximum absolute atomic E-state index is 13.6. The van der Waals surface area contributed by atoms with Crippen LogP contribution in [0, 0.1) is 0 Å². The molecule has 0 radical (unpaired) electrons. The van der Waals surface area contributed by atoms with Crippen LogP contribution in [0.4, 0.5) is 0 Å². The Labute approximate surface area is 293 Å². The summed E-state index contributed by atoms with van der Waals surface area (Å²) in [7, 11) is 0. The molecule has 0 saturated carbocycles. The van der Waals surface area contributed by atoms with E-state index in [9.17, 15) is 66.1 Å². The topological polar surface area (TPSA) is 319 Å². The largest absolute Gasteiger partial charge is 0.508 e. The molecular formula is C33H40O19. The molecule has 3 aliphatic rings. The molecule has 15 atom stereocenters. The Morgan fingerprint density at radius 1 is 0.692 bits per heavy atom. The Bertz CT molecular complexity index is 1760.